The monoisotopic (exact) mass is 470 g/mol. The minimum Gasteiger partial charge on any atom is -0.369 e. The number of aliphatic imine (C=N–C) groups is 1. The molecule has 0 aromatic heterocycles. The second-order valence-electron chi connectivity index (χ2n) is 8.54. The lowest BCUT2D eigenvalue weighted by Gasteiger charge is -2.36. The van der Waals surface area contributed by atoms with Crippen LogP contribution in [0.25, 0.3) is 0 Å². The molecule has 7 nitrogen and oxygen atoms in total. The van der Waals surface area contributed by atoms with Gasteiger partial charge in [0.1, 0.15) is 11.4 Å². The quantitative estimate of drug-likeness (QED) is 0.433. The highest BCUT2D eigenvalue weighted by molar-refractivity contribution is 7.86. The topological polar surface area (TPSA) is 86.0 Å². The Bertz CT molecular complexity index is 1170. The molecule has 0 spiro atoms. The summed E-state index contributed by atoms with van der Waals surface area (Å²) in [5.41, 5.74) is 1.57. The zero-order valence-corrected chi connectivity index (χ0v) is 19.4. The van der Waals surface area contributed by atoms with E-state index in [1.165, 1.54) is 12.1 Å². The molecule has 1 atom stereocenters. The number of hydrogen-bond donors (Lipinski definition) is 0. The molecule has 0 bridgehead atoms. The van der Waals surface area contributed by atoms with Crippen LogP contribution < -0.4 is 4.90 Å². The van der Waals surface area contributed by atoms with Crippen molar-refractivity contribution in [3.05, 3.63) is 59.4 Å². The molecule has 33 heavy (non-hydrogen) atoms. The summed E-state index contributed by atoms with van der Waals surface area (Å²) >= 11 is 0. The number of nitrogens with zero attached hydrogens (tertiary/aromatic N) is 4. The van der Waals surface area contributed by atoms with Crippen LogP contribution in [-0.4, -0.2) is 58.5 Å². The first-order chi connectivity index (χ1) is 15.8. The molecular formula is C24H27FN4O3S. The normalized spacial score (nSPS) is 20.6. The summed E-state index contributed by atoms with van der Waals surface area (Å²) in [6.45, 7) is 4.48. The van der Waals surface area contributed by atoms with Crippen LogP contribution in [0, 0.1) is 17.1 Å². The van der Waals surface area contributed by atoms with Gasteiger partial charge in [-0.05, 0) is 68.3 Å². The van der Waals surface area contributed by atoms with Gasteiger partial charge in [0.25, 0.3) is 10.1 Å². The van der Waals surface area contributed by atoms with E-state index < -0.39 is 15.7 Å². The van der Waals surface area contributed by atoms with E-state index in [0.717, 1.165) is 57.5 Å². The summed E-state index contributed by atoms with van der Waals surface area (Å²) in [5.74, 6) is -0.228. The van der Waals surface area contributed by atoms with Crippen LogP contribution in [0.4, 0.5) is 15.8 Å². The van der Waals surface area contributed by atoms with Crippen molar-refractivity contribution in [3.63, 3.8) is 0 Å². The fraction of sp³-hybridized carbons (Fsp3) is 0.417. The van der Waals surface area contributed by atoms with Gasteiger partial charge in [-0.2, -0.15) is 13.7 Å². The van der Waals surface area contributed by atoms with E-state index in [2.05, 4.69) is 20.9 Å². The number of rotatable bonds is 8. The molecule has 0 saturated carbocycles. The maximum atomic E-state index is 13.1. The van der Waals surface area contributed by atoms with Crippen LogP contribution in [0.1, 0.15) is 30.4 Å². The molecular weight excluding hydrogens is 443 g/mol. The van der Waals surface area contributed by atoms with Gasteiger partial charge in [-0.3, -0.25) is 14.1 Å². The van der Waals surface area contributed by atoms with E-state index in [-0.39, 0.29) is 5.82 Å². The third-order valence-corrected chi connectivity index (χ3v) is 6.73. The van der Waals surface area contributed by atoms with Crippen molar-refractivity contribution < 1.29 is 17.0 Å². The number of unbranched alkanes of at least 4 members (excludes halogenated alkanes) is 1. The lowest BCUT2D eigenvalue weighted by atomic mass is 9.89. The molecule has 4 rings (SSSR count). The minimum atomic E-state index is -3.73. The van der Waals surface area contributed by atoms with E-state index in [0.29, 0.717) is 23.2 Å². The Morgan fingerprint density at radius 2 is 1.85 bits per heavy atom. The Morgan fingerprint density at radius 1 is 1.12 bits per heavy atom. The lowest BCUT2D eigenvalue weighted by Crippen LogP contribution is -2.46. The Labute approximate surface area is 194 Å². The first-order valence-corrected chi connectivity index (χ1v) is 12.8. The van der Waals surface area contributed by atoms with Crippen LogP contribution in [0.15, 0.2) is 47.5 Å². The van der Waals surface area contributed by atoms with Gasteiger partial charge < -0.3 is 4.90 Å². The number of halogens is 1. The molecule has 0 N–H and O–H groups in total. The third kappa shape index (κ3) is 5.58. The van der Waals surface area contributed by atoms with Gasteiger partial charge in [0, 0.05) is 43.6 Å². The fourth-order valence-corrected chi connectivity index (χ4v) is 5.24. The Balaban J connectivity index is 1.33. The van der Waals surface area contributed by atoms with Crippen molar-refractivity contribution in [2.75, 3.05) is 43.9 Å². The molecule has 2 aromatic rings. The van der Waals surface area contributed by atoms with Crippen molar-refractivity contribution in [2.24, 2.45) is 4.99 Å². The predicted molar refractivity (Wildman–Crippen MR) is 126 cm³/mol. The summed E-state index contributed by atoms with van der Waals surface area (Å²) in [6, 6.07) is 13.7. The summed E-state index contributed by atoms with van der Waals surface area (Å²) in [5, 5.41) is 9.26. The van der Waals surface area contributed by atoms with Crippen LogP contribution >= 0.6 is 0 Å². The maximum Gasteiger partial charge on any atom is 0.265 e. The Kier molecular flexibility index (Phi) is 6.79. The van der Waals surface area contributed by atoms with Crippen molar-refractivity contribution in [1.82, 2.24) is 4.90 Å². The number of benzene rings is 2. The maximum absolute atomic E-state index is 13.1. The number of piperazine rings is 1. The predicted octanol–water partition coefficient (Wildman–Crippen LogP) is 3.58. The van der Waals surface area contributed by atoms with Gasteiger partial charge >= 0.3 is 0 Å². The van der Waals surface area contributed by atoms with Crippen molar-refractivity contribution >= 4 is 27.7 Å². The molecule has 0 aliphatic carbocycles. The fourth-order valence-electron chi connectivity index (χ4n) is 4.48. The van der Waals surface area contributed by atoms with Gasteiger partial charge in [0.2, 0.25) is 0 Å². The molecule has 1 fully saturated rings. The van der Waals surface area contributed by atoms with E-state index >= 15 is 0 Å². The standard InChI is InChI=1S/C24H27FN4O3S/c1-33(30,31)32-24(18-27-23-9-4-19(17-26)16-22(23)24)10-2-3-11-28-12-14-29(15-13-28)21-7-5-20(25)6-8-21/h4-9,16,18H,2-3,10-15H2,1H3. The smallest absolute Gasteiger partial charge is 0.265 e. The lowest BCUT2D eigenvalue weighted by molar-refractivity contribution is 0.143. The zero-order valence-electron chi connectivity index (χ0n) is 18.6. The Morgan fingerprint density at radius 3 is 2.52 bits per heavy atom. The van der Waals surface area contributed by atoms with E-state index in [9.17, 15) is 18.1 Å². The highest BCUT2D eigenvalue weighted by atomic mass is 32.2. The SMILES string of the molecule is CS(=O)(=O)OC1(CCCCN2CCN(c3ccc(F)cc3)CC2)C=Nc2ccc(C#N)cc21. The molecule has 1 unspecified atom stereocenters. The van der Waals surface area contributed by atoms with Gasteiger partial charge in [-0.15, -0.1) is 0 Å². The molecule has 2 aromatic carbocycles. The molecule has 0 amide bonds. The first-order valence-electron chi connectivity index (χ1n) is 11.0. The summed E-state index contributed by atoms with van der Waals surface area (Å²) in [6.07, 6.45) is 4.68. The molecule has 2 aliphatic rings. The average Bonchev–Trinajstić information content (AvgIpc) is 3.14. The largest absolute Gasteiger partial charge is 0.369 e. The summed E-state index contributed by atoms with van der Waals surface area (Å²) < 4.78 is 42.7. The number of hydrogen-bond acceptors (Lipinski definition) is 7. The third-order valence-electron chi connectivity index (χ3n) is 6.13. The van der Waals surface area contributed by atoms with Crippen LogP contribution in [-0.2, 0) is 19.9 Å². The number of nitriles is 1. The van der Waals surface area contributed by atoms with Gasteiger partial charge in [-0.1, -0.05) is 0 Å². The van der Waals surface area contributed by atoms with Crippen LogP contribution in [0.2, 0.25) is 0 Å². The highest BCUT2D eigenvalue weighted by Crippen LogP contribution is 2.42. The van der Waals surface area contributed by atoms with Crippen LogP contribution in [0.3, 0.4) is 0 Å². The van der Waals surface area contributed by atoms with Crippen molar-refractivity contribution in [1.29, 1.82) is 5.26 Å². The van der Waals surface area contributed by atoms with E-state index in [1.807, 2.05) is 12.1 Å². The van der Waals surface area contributed by atoms with E-state index in [1.54, 1.807) is 24.4 Å². The second kappa shape index (κ2) is 9.59. The molecule has 2 heterocycles. The Hall–Kier alpha value is -2.80. The van der Waals surface area contributed by atoms with E-state index in [4.69, 9.17) is 4.18 Å². The van der Waals surface area contributed by atoms with Gasteiger partial charge in [0.05, 0.1) is 23.6 Å². The minimum absolute atomic E-state index is 0.228. The van der Waals surface area contributed by atoms with Gasteiger partial charge in [-0.25, -0.2) is 4.39 Å². The highest BCUT2D eigenvalue weighted by Gasteiger charge is 2.40. The van der Waals surface area contributed by atoms with Gasteiger partial charge in [0.15, 0.2) is 0 Å². The molecule has 174 valence electrons. The zero-order chi connectivity index (χ0) is 23.5. The number of fused-ring (bicyclic) bond motifs is 1. The summed E-state index contributed by atoms with van der Waals surface area (Å²) in [4.78, 5) is 9.00. The molecule has 1 saturated heterocycles. The molecule has 9 heteroatoms. The molecule has 0 radical (unpaired) electrons. The number of anilines is 1. The van der Waals surface area contributed by atoms with Crippen LogP contribution in [0.5, 0.6) is 0 Å². The second-order valence-corrected chi connectivity index (χ2v) is 10.1. The van der Waals surface area contributed by atoms with Crippen molar-refractivity contribution in [3.8, 4) is 6.07 Å². The molecule has 2 aliphatic heterocycles. The summed E-state index contributed by atoms with van der Waals surface area (Å²) in [7, 11) is -3.73. The van der Waals surface area contributed by atoms with Crippen molar-refractivity contribution in [2.45, 2.75) is 24.9 Å². The average molecular weight is 471 g/mol. The first kappa shape index (κ1) is 23.4.